The van der Waals surface area contributed by atoms with E-state index in [2.05, 4.69) is 16.9 Å². The van der Waals surface area contributed by atoms with Gasteiger partial charge in [-0.3, -0.25) is 0 Å². The highest BCUT2D eigenvalue weighted by molar-refractivity contribution is 7.99. The molecule has 4 nitrogen and oxygen atoms in total. The maximum Gasteiger partial charge on any atom is 0.222 e. The molecule has 0 unspecified atom stereocenters. The maximum atomic E-state index is 6.05. The maximum absolute atomic E-state index is 6.05. The molecule has 4 N–H and O–H groups in total. The molecule has 106 valence electrons. The largest absolute Gasteiger partial charge is 0.383 e. The van der Waals surface area contributed by atoms with E-state index < -0.39 is 0 Å². The molecular formula is C15H13ClN4S. The summed E-state index contributed by atoms with van der Waals surface area (Å²) in [5.74, 6) is 0.578. The minimum atomic E-state index is 0.186. The topological polar surface area (TPSA) is 77.8 Å². The Morgan fingerprint density at radius 3 is 2.67 bits per heavy atom. The van der Waals surface area contributed by atoms with Crippen molar-refractivity contribution in [3.8, 4) is 0 Å². The standard InChI is InChI=1S/C15H13ClN4S/c1-8-2-3-9(16)6-13(8)21-10-4-5-12-11(7-10)14(17)20-15(18)19-12/h2-7H,1H3,(H4,17,18,19,20). The zero-order valence-electron chi connectivity index (χ0n) is 11.3. The van der Waals surface area contributed by atoms with E-state index in [1.165, 1.54) is 5.56 Å². The lowest BCUT2D eigenvalue weighted by atomic mass is 10.2. The van der Waals surface area contributed by atoms with E-state index in [0.29, 0.717) is 5.82 Å². The fourth-order valence-electron chi connectivity index (χ4n) is 2.02. The van der Waals surface area contributed by atoms with E-state index in [0.717, 1.165) is 25.7 Å². The third kappa shape index (κ3) is 2.89. The van der Waals surface area contributed by atoms with Gasteiger partial charge in [0.05, 0.1) is 5.52 Å². The highest BCUT2D eigenvalue weighted by Crippen LogP contribution is 2.34. The van der Waals surface area contributed by atoms with Crippen molar-refractivity contribution in [1.29, 1.82) is 0 Å². The van der Waals surface area contributed by atoms with E-state index in [1.54, 1.807) is 11.8 Å². The van der Waals surface area contributed by atoms with E-state index in [4.69, 9.17) is 23.1 Å². The summed E-state index contributed by atoms with van der Waals surface area (Å²) in [4.78, 5) is 10.3. The number of aromatic nitrogens is 2. The molecule has 6 heteroatoms. The fraction of sp³-hybridized carbons (Fsp3) is 0.0667. The Hall–Kier alpha value is -1.98. The molecule has 21 heavy (non-hydrogen) atoms. The lowest BCUT2D eigenvalue weighted by Gasteiger charge is -2.08. The predicted octanol–water partition coefficient (Wildman–Crippen LogP) is 3.91. The number of aryl methyl sites for hydroxylation is 1. The molecule has 0 radical (unpaired) electrons. The third-order valence-corrected chi connectivity index (χ3v) is 4.48. The zero-order chi connectivity index (χ0) is 15.0. The van der Waals surface area contributed by atoms with E-state index in [9.17, 15) is 0 Å². The second kappa shape index (κ2) is 5.42. The molecule has 0 amide bonds. The number of fused-ring (bicyclic) bond motifs is 1. The highest BCUT2D eigenvalue weighted by Gasteiger charge is 2.07. The molecule has 0 saturated carbocycles. The fourth-order valence-corrected chi connectivity index (χ4v) is 3.24. The summed E-state index contributed by atoms with van der Waals surface area (Å²) in [7, 11) is 0. The Bertz CT molecular complexity index is 835. The van der Waals surface area contributed by atoms with Crippen molar-refractivity contribution in [1.82, 2.24) is 9.97 Å². The van der Waals surface area contributed by atoms with Crippen LogP contribution in [-0.2, 0) is 0 Å². The molecule has 1 aromatic heterocycles. The van der Waals surface area contributed by atoms with Crippen LogP contribution >= 0.6 is 23.4 Å². The van der Waals surface area contributed by atoms with Gasteiger partial charge in [-0.25, -0.2) is 4.98 Å². The predicted molar refractivity (Wildman–Crippen MR) is 88.7 cm³/mol. The van der Waals surface area contributed by atoms with Crippen molar-refractivity contribution in [2.45, 2.75) is 16.7 Å². The summed E-state index contributed by atoms with van der Waals surface area (Å²) < 4.78 is 0. The summed E-state index contributed by atoms with van der Waals surface area (Å²) >= 11 is 7.68. The van der Waals surface area contributed by atoms with E-state index in [1.807, 2.05) is 36.4 Å². The molecule has 0 saturated heterocycles. The number of nitrogen functional groups attached to an aromatic ring is 2. The number of nitrogens with zero attached hydrogens (tertiary/aromatic N) is 2. The van der Waals surface area contributed by atoms with Crippen LogP contribution in [0.4, 0.5) is 11.8 Å². The molecule has 0 aliphatic carbocycles. The molecule has 3 aromatic rings. The van der Waals surface area contributed by atoms with Gasteiger partial charge in [-0.05, 0) is 42.8 Å². The van der Waals surface area contributed by atoms with Gasteiger partial charge in [0.2, 0.25) is 5.95 Å². The smallest absolute Gasteiger partial charge is 0.222 e. The van der Waals surface area contributed by atoms with Gasteiger partial charge in [0.25, 0.3) is 0 Å². The molecular weight excluding hydrogens is 304 g/mol. The number of hydrogen-bond acceptors (Lipinski definition) is 5. The normalized spacial score (nSPS) is 11.0. The molecule has 0 aliphatic rings. The number of rotatable bonds is 2. The van der Waals surface area contributed by atoms with Gasteiger partial charge >= 0.3 is 0 Å². The summed E-state index contributed by atoms with van der Waals surface area (Å²) in [6, 6.07) is 11.7. The van der Waals surface area contributed by atoms with Crippen molar-refractivity contribution in [3.63, 3.8) is 0 Å². The van der Waals surface area contributed by atoms with Gasteiger partial charge < -0.3 is 11.5 Å². The number of halogens is 1. The average molecular weight is 317 g/mol. The van der Waals surface area contributed by atoms with Crippen LogP contribution in [0.5, 0.6) is 0 Å². The molecule has 0 spiro atoms. The molecule has 0 bridgehead atoms. The first-order valence-corrected chi connectivity index (χ1v) is 7.49. The van der Waals surface area contributed by atoms with Crippen LogP contribution in [-0.4, -0.2) is 9.97 Å². The Balaban J connectivity index is 2.03. The Morgan fingerprint density at radius 1 is 1.05 bits per heavy atom. The number of nitrogens with two attached hydrogens (primary N) is 2. The molecule has 1 heterocycles. The monoisotopic (exact) mass is 316 g/mol. The van der Waals surface area contributed by atoms with Gasteiger partial charge in [-0.2, -0.15) is 4.98 Å². The van der Waals surface area contributed by atoms with Gasteiger partial charge in [-0.1, -0.05) is 29.4 Å². The van der Waals surface area contributed by atoms with Gasteiger partial charge in [0, 0.05) is 20.2 Å². The van der Waals surface area contributed by atoms with Gasteiger partial charge in [-0.15, -0.1) is 0 Å². The van der Waals surface area contributed by atoms with Crippen molar-refractivity contribution >= 4 is 46.0 Å². The van der Waals surface area contributed by atoms with Crippen molar-refractivity contribution in [2.75, 3.05) is 11.5 Å². The van der Waals surface area contributed by atoms with Gasteiger partial charge in [0.15, 0.2) is 0 Å². The zero-order valence-corrected chi connectivity index (χ0v) is 12.9. The Kier molecular flexibility index (Phi) is 3.61. The second-order valence-electron chi connectivity index (χ2n) is 4.66. The minimum Gasteiger partial charge on any atom is -0.383 e. The summed E-state index contributed by atoms with van der Waals surface area (Å²) in [6.07, 6.45) is 0. The van der Waals surface area contributed by atoms with Crippen molar-refractivity contribution in [2.24, 2.45) is 0 Å². The van der Waals surface area contributed by atoms with E-state index >= 15 is 0 Å². The lowest BCUT2D eigenvalue weighted by molar-refractivity contribution is 1.24. The number of anilines is 2. The first kappa shape index (κ1) is 14.0. The number of benzene rings is 2. The molecule has 2 aromatic carbocycles. The Labute approximate surface area is 131 Å². The van der Waals surface area contributed by atoms with Crippen LogP contribution < -0.4 is 11.5 Å². The van der Waals surface area contributed by atoms with Crippen LogP contribution in [0.2, 0.25) is 5.02 Å². The lowest BCUT2D eigenvalue weighted by Crippen LogP contribution is -2.00. The second-order valence-corrected chi connectivity index (χ2v) is 6.21. The van der Waals surface area contributed by atoms with E-state index in [-0.39, 0.29) is 5.95 Å². The first-order chi connectivity index (χ1) is 10.0. The molecule has 0 aliphatic heterocycles. The van der Waals surface area contributed by atoms with Crippen LogP contribution in [0.1, 0.15) is 5.56 Å². The third-order valence-electron chi connectivity index (χ3n) is 3.09. The minimum absolute atomic E-state index is 0.186. The molecule has 0 atom stereocenters. The summed E-state index contributed by atoms with van der Waals surface area (Å²) in [6.45, 7) is 2.05. The van der Waals surface area contributed by atoms with Crippen LogP contribution in [0.15, 0.2) is 46.2 Å². The SMILES string of the molecule is Cc1ccc(Cl)cc1Sc1ccc2nc(N)nc(N)c2c1. The van der Waals surface area contributed by atoms with Crippen LogP contribution in [0.25, 0.3) is 10.9 Å². The quantitative estimate of drug-likeness (QED) is 0.749. The average Bonchev–Trinajstić information content (AvgIpc) is 2.43. The summed E-state index contributed by atoms with van der Waals surface area (Å²) in [5.41, 5.74) is 13.4. The molecule has 0 fully saturated rings. The molecule has 3 rings (SSSR count). The highest BCUT2D eigenvalue weighted by atomic mass is 35.5. The summed E-state index contributed by atoms with van der Waals surface area (Å²) in [5, 5.41) is 1.52. The van der Waals surface area contributed by atoms with Crippen molar-refractivity contribution < 1.29 is 0 Å². The van der Waals surface area contributed by atoms with Crippen LogP contribution in [0.3, 0.4) is 0 Å². The first-order valence-electron chi connectivity index (χ1n) is 6.30. The van der Waals surface area contributed by atoms with Crippen molar-refractivity contribution in [3.05, 3.63) is 47.0 Å². The van der Waals surface area contributed by atoms with Crippen LogP contribution in [0, 0.1) is 6.92 Å². The van der Waals surface area contributed by atoms with Gasteiger partial charge in [0.1, 0.15) is 5.82 Å². The Morgan fingerprint density at radius 2 is 1.86 bits per heavy atom. The number of hydrogen-bond donors (Lipinski definition) is 2.